The molecule has 2 amide bonds. The van der Waals surface area contributed by atoms with E-state index in [0.717, 1.165) is 12.8 Å². The maximum Gasteiger partial charge on any atom is 0.250 e. The van der Waals surface area contributed by atoms with Crippen molar-refractivity contribution in [1.29, 1.82) is 0 Å². The van der Waals surface area contributed by atoms with Crippen LogP contribution in [-0.2, 0) is 9.59 Å². The number of primary amides is 1. The Morgan fingerprint density at radius 3 is 2.36 bits per heavy atom. The van der Waals surface area contributed by atoms with E-state index in [4.69, 9.17) is 5.73 Å². The Bertz CT molecular complexity index is 592. The predicted molar refractivity (Wildman–Crippen MR) is 78.7 cm³/mol. The van der Waals surface area contributed by atoms with Crippen molar-refractivity contribution in [2.24, 2.45) is 11.1 Å². The Kier molecular flexibility index (Phi) is 4.80. The number of hydrogen-bond acceptors (Lipinski definition) is 4. The molecule has 1 aromatic rings. The number of carbonyl (C=O) groups excluding carboxylic acids is 3. The summed E-state index contributed by atoms with van der Waals surface area (Å²) in [5.41, 5.74) is 5.31. The summed E-state index contributed by atoms with van der Waals surface area (Å²) in [6.45, 7) is 0. The number of nitrogens with two attached hydrogens (primary N) is 1. The third kappa shape index (κ3) is 3.84. The van der Waals surface area contributed by atoms with E-state index >= 15 is 0 Å². The molecule has 0 unspecified atom stereocenters. The number of nitrogens with one attached hydrogen (secondary N) is 1. The normalized spacial score (nSPS) is 16.2. The Morgan fingerprint density at radius 1 is 1.14 bits per heavy atom. The van der Waals surface area contributed by atoms with Crippen molar-refractivity contribution in [3.05, 3.63) is 29.8 Å². The van der Waals surface area contributed by atoms with Gasteiger partial charge in [0.05, 0.1) is 11.3 Å². The first-order valence-electron chi connectivity index (χ1n) is 7.30. The van der Waals surface area contributed by atoms with Gasteiger partial charge in [-0.2, -0.15) is 0 Å². The fourth-order valence-corrected chi connectivity index (χ4v) is 3.19. The standard InChI is InChI=1S/C16H20N2O4/c17-15(22)11-5-1-2-6-12(11)18-13(19)9-16(10-14(20)21)7-3-4-8-16/h1-2,5-6H,3-4,7-10H2,(H2,17,22)(H,18,19)(H,20,21)/p-1. The lowest BCUT2D eigenvalue weighted by molar-refractivity contribution is -0.308. The third-order valence-corrected chi connectivity index (χ3v) is 4.19. The second kappa shape index (κ2) is 6.60. The maximum atomic E-state index is 12.3. The van der Waals surface area contributed by atoms with E-state index in [2.05, 4.69) is 5.32 Å². The van der Waals surface area contributed by atoms with Gasteiger partial charge >= 0.3 is 0 Å². The average Bonchev–Trinajstić information content (AvgIpc) is 2.85. The summed E-state index contributed by atoms with van der Waals surface area (Å²) in [5.74, 6) is -2.06. The molecular formula is C16H19N2O4-. The second-order valence-corrected chi connectivity index (χ2v) is 5.89. The molecule has 2 rings (SSSR count). The SMILES string of the molecule is NC(=O)c1ccccc1NC(=O)CC1(CC(=O)[O-])CCCC1. The van der Waals surface area contributed by atoms with Crippen molar-refractivity contribution in [3.63, 3.8) is 0 Å². The minimum absolute atomic E-state index is 0.105. The van der Waals surface area contributed by atoms with Gasteiger partial charge in [0.15, 0.2) is 0 Å². The fraction of sp³-hybridized carbons (Fsp3) is 0.438. The molecule has 0 heterocycles. The van der Waals surface area contributed by atoms with Gasteiger partial charge in [-0.25, -0.2) is 0 Å². The highest BCUT2D eigenvalue weighted by molar-refractivity contribution is 6.03. The molecule has 6 heteroatoms. The van der Waals surface area contributed by atoms with Crippen molar-refractivity contribution in [2.75, 3.05) is 5.32 Å². The van der Waals surface area contributed by atoms with E-state index in [1.165, 1.54) is 6.07 Å². The van der Waals surface area contributed by atoms with Crippen LogP contribution in [0.1, 0.15) is 48.9 Å². The van der Waals surface area contributed by atoms with Gasteiger partial charge in [0, 0.05) is 12.4 Å². The number of carbonyl (C=O) groups is 3. The van der Waals surface area contributed by atoms with Crippen molar-refractivity contribution in [1.82, 2.24) is 0 Å². The van der Waals surface area contributed by atoms with Crippen molar-refractivity contribution in [2.45, 2.75) is 38.5 Å². The number of carboxylic acid groups (broad SMARTS) is 1. The van der Waals surface area contributed by atoms with Crippen molar-refractivity contribution >= 4 is 23.5 Å². The number of hydrogen-bond donors (Lipinski definition) is 2. The Balaban J connectivity index is 2.09. The number of carboxylic acids is 1. The molecule has 1 aromatic carbocycles. The summed E-state index contributed by atoms with van der Waals surface area (Å²) in [5, 5.41) is 13.6. The summed E-state index contributed by atoms with van der Waals surface area (Å²) in [6, 6.07) is 6.47. The quantitative estimate of drug-likeness (QED) is 0.809. The van der Waals surface area contributed by atoms with Crippen LogP contribution in [0.2, 0.25) is 0 Å². The first kappa shape index (κ1) is 16.0. The molecule has 0 spiro atoms. The molecule has 0 atom stereocenters. The summed E-state index contributed by atoms with van der Waals surface area (Å²) in [6.07, 6.45) is 3.22. The van der Waals surface area contributed by atoms with E-state index in [-0.39, 0.29) is 24.3 Å². The molecule has 0 radical (unpaired) electrons. The number of benzene rings is 1. The number of amides is 2. The summed E-state index contributed by atoms with van der Waals surface area (Å²) in [7, 11) is 0. The molecule has 6 nitrogen and oxygen atoms in total. The topological polar surface area (TPSA) is 112 Å². The van der Waals surface area contributed by atoms with Crippen LogP contribution >= 0.6 is 0 Å². The van der Waals surface area contributed by atoms with Crippen LogP contribution in [0, 0.1) is 5.41 Å². The smallest absolute Gasteiger partial charge is 0.250 e. The van der Waals surface area contributed by atoms with E-state index in [1.54, 1.807) is 18.2 Å². The molecule has 22 heavy (non-hydrogen) atoms. The largest absolute Gasteiger partial charge is 0.550 e. The highest BCUT2D eigenvalue weighted by Gasteiger charge is 2.36. The molecular weight excluding hydrogens is 284 g/mol. The molecule has 0 aromatic heterocycles. The molecule has 0 bridgehead atoms. The highest BCUT2D eigenvalue weighted by Crippen LogP contribution is 2.44. The van der Waals surface area contributed by atoms with Crippen LogP contribution in [0.25, 0.3) is 0 Å². The zero-order chi connectivity index (χ0) is 16.2. The van der Waals surface area contributed by atoms with E-state index in [9.17, 15) is 19.5 Å². The lowest BCUT2D eigenvalue weighted by Gasteiger charge is -2.28. The van der Waals surface area contributed by atoms with Gasteiger partial charge in [0.2, 0.25) is 5.91 Å². The molecule has 1 fully saturated rings. The molecule has 0 saturated heterocycles. The van der Waals surface area contributed by atoms with E-state index in [1.807, 2.05) is 0 Å². The lowest BCUT2D eigenvalue weighted by Crippen LogP contribution is -2.34. The van der Waals surface area contributed by atoms with Crippen LogP contribution in [0.3, 0.4) is 0 Å². The monoisotopic (exact) mass is 303 g/mol. The van der Waals surface area contributed by atoms with Gasteiger partial charge < -0.3 is 21.0 Å². The number of aliphatic carboxylic acids is 1. The molecule has 3 N–H and O–H groups in total. The van der Waals surface area contributed by atoms with Gasteiger partial charge in [-0.3, -0.25) is 9.59 Å². The van der Waals surface area contributed by atoms with Gasteiger partial charge in [0.25, 0.3) is 5.91 Å². The van der Waals surface area contributed by atoms with Crippen LogP contribution in [0.15, 0.2) is 24.3 Å². The molecule has 1 saturated carbocycles. The van der Waals surface area contributed by atoms with Crippen LogP contribution in [0.5, 0.6) is 0 Å². The minimum Gasteiger partial charge on any atom is -0.550 e. The molecule has 118 valence electrons. The average molecular weight is 303 g/mol. The van der Waals surface area contributed by atoms with Gasteiger partial charge in [-0.1, -0.05) is 25.0 Å². The highest BCUT2D eigenvalue weighted by atomic mass is 16.4. The first-order valence-corrected chi connectivity index (χ1v) is 7.30. The Labute approximate surface area is 128 Å². The van der Waals surface area contributed by atoms with Gasteiger partial charge in [0.1, 0.15) is 0 Å². The fourth-order valence-electron chi connectivity index (χ4n) is 3.19. The zero-order valence-electron chi connectivity index (χ0n) is 12.3. The van der Waals surface area contributed by atoms with Crippen LogP contribution in [0.4, 0.5) is 5.69 Å². The molecule has 1 aliphatic carbocycles. The van der Waals surface area contributed by atoms with Gasteiger partial charge in [-0.05, 0) is 36.8 Å². The van der Waals surface area contributed by atoms with Crippen molar-refractivity contribution in [3.8, 4) is 0 Å². The molecule has 1 aliphatic rings. The number of anilines is 1. The Hall–Kier alpha value is -2.37. The van der Waals surface area contributed by atoms with E-state index < -0.39 is 17.3 Å². The van der Waals surface area contributed by atoms with Gasteiger partial charge in [-0.15, -0.1) is 0 Å². The minimum atomic E-state index is -1.13. The zero-order valence-corrected chi connectivity index (χ0v) is 12.3. The first-order chi connectivity index (χ1) is 10.4. The number of rotatable bonds is 6. The molecule has 0 aliphatic heterocycles. The predicted octanol–water partition coefficient (Wildman–Crippen LogP) is 0.814. The lowest BCUT2D eigenvalue weighted by atomic mass is 9.79. The maximum absolute atomic E-state index is 12.3. The third-order valence-electron chi connectivity index (χ3n) is 4.19. The van der Waals surface area contributed by atoms with Crippen LogP contribution in [-0.4, -0.2) is 17.8 Å². The summed E-state index contributed by atoms with van der Waals surface area (Å²) >= 11 is 0. The van der Waals surface area contributed by atoms with E-state index in [0.29, 0.717) is 18.5 Å². The second-order valence-electron chi connectivity index (χ2n) is 5.89. The van der Waals surface area contributed by atoms with Crippen molar-refractivity contribution < 1.29 is 19.5 Å². The summed E-state index contributed by atoms with van der Waals surface area (Å²) in [4.78, 5) is 34.5. The summed E-state index contributed by atoms with van der Waals surface area (Å²) < 4.78 is 0. The number of para-hydroxylation sites is 1. The van der Waals surface area contributed by atoms with Crippen LogP contribution < -0.4 is 16.2 Å². The Morgan fingerprint density at radius 2 is 1.77 bits per heavy atom.